The third-order valence-electron chi connectivity index (χ3n) is 4.26. The van der Waals surface area contributed by atoms with Gasteiger partial charge < -0.3 is 4.98 Å². The fourth-order valence-electron chi connectivity index (χ4n) is 2.91. The van der Waals surface area contributed by atoms with Crippen LogP contribution in [-0.2, 0) is 6.42 Å². The topological polar surface area (TPSA) is 74.4 Å². The van der Waals surface area contributed by atoms with Crippen molar-refractivity contribution in [3.8, 4) is 0 Å². The lowest BCUT2D eigenvalue weighted by Crippen LogP contribution is -2.10. The molecule has 0 aliphatic rings. The van der Waals surface area contributed by atoms with Crippen LogP contribution in [0.5, 0.6) is 0 Å². The molecule has 130 valence electrons. The van der Waals surface area contributed by atoms with Gasteiger partial charge in [0.15, 0.2) is 5.78 Å². The van der Waals surface area contributed by atoms with Crippen LogP contribution >= 0.6 is 11.8 Å². The first-order valence-corrected chi connectivity index (χ1v) is 9.37. The first-order valence-electron chi connectivity index (χ1n) is 8.49. The highest BCUT2D eigenvalue weighted by Gasteiger charge is 2.27. The van der Waals surface area contributed by atoms with Gasteiger partial charge in [0.25, 0.3) is 0 Å². The van der Waals surface area contributed by atoms with Crippen molar-refractivity contribution >= 4 is 28.4 Å². The smallest absolute Gasteiger partial charge is 0.209 e. The Hall–Kier alpha value is -2.86. The molecule has 4 rings (SSSR count). The van der Waals surface area contributed by atoms with Crippen molar-refractivity contribution < 1.29 is 4.79 Å². The van der Waals surface area contributed by atoms with E-state index in [0.717, 1.165) is 28.7 Å². The van der Waals surface area contributed by atoms with Gasteiger partial charge in [-0.2, -0.15) is 0 Å². The number of nitrogens with zero attached hydrogens (tertiary/aromatic N) is 2. The number of nitrogens with one attached hydrogen (secondary N) is 2. The van der Waals surface area contributed by atoms with Crippen LogP contribution in [0.15, 0.2) is 66.0 Å². The Morgan fingerprint density at radius 3 is 2.65 bits per heavy atom. The summed E-state index contributed by atoms with van der Waals surface area (Å²) in [6, 6.07) is 17.6. The van der Waals surface area contributed by atoms with Crippen molar-refractivity contribution in [2.45, 2.75) is 23.8 Å². The molecule has 2 N–H and O–H groups in total. The number of carbonyl (C=O) groups is 1. The minimum atomic E-state index is -0.407. The molecule has 2 aromatic heterocycles. The summed E-state index contributed by atoms with van der Waals surface area (Å²) in [5.74, 6) is 0.861. The van der Waals surface area contributed by atoms with E-state index in [4.69, 9.17) is 0 Å². The fraction of sp³-hybridized carbons (Fsp3) is 0.150. The Morgan fingerprint density at radius 2 is 1.88 bits per heavy atom. The number of aromatic nitrogens is 4. The highest BCUT2D eigenvalue weighted by Crippen LogP contribution is 2.37. The van der Waals surface area contributed by atoms with Crippen LogP contribution in [0, 0.1) is 0 Å². The molecule has 1 atom stereocenters. The van der Waals surface area contributed by atoms with E-state index in [1.165, 1.54) is 11.8 Å². The largest absolute Gasteiger partial charge is 0.360 e. The lowest BCUT2D eigenvalue weighted by molar-refractivity contribution is 0.0991. The molecule has 0 saturated carbocycles. The molecule has 0 radical (unpaired) electrons. The molecule has 6 heteroatoms. The van der Waals surface area contributed by atoms with Gasteiger partial charge in [-0.15, -0.1) is 5.10 Å². The Kier molecular flexibility index (Phi) is 4.58. The third-order valence-corrected chi connectivity index (χ3v) is 5.38. The summed E-state index contributed by atoms with van der Waals surface area (Å²) in [6.07, 6.45) is 2.57. The number of aryl methyl sites for hydroxylation is 1. The SMILES string of the molecule is CCc1nc(S[C@H](C(=O)c2c[nH]c3ccccc23)c2ccccc2)n[nH]1. The third kappa shape index (κ3) is 3.15. The zero-order valence-corrected chi connectivity index (χ0v) is 15.1. The minimum Gasteiger partial charge on any atom is -0.360 e. The predicted molar refractivity (Wildman–Crippen MR) is 103 cm³/mol. The first-order chi connectivity index (χ1) is 12.8. The van der Waals surface area contributed by atoms with Gasteiger partial charge in [0, 0.05) is 29.1 Å². The molecule has 5 nitrogen and oxygen atoms in total. The number of para-hydroxylation sites is 1. The molecule has 2 aromatic carbocycles. The average molecular weight is 362 g/mol. The molecule has 0 spiro atoms. The van der Waals surface area contributed by atoms with Gasteiger partial charge in [-0.05, 0) is 11.6 Å². The summed E-state index contributed by atoms with van der Waals surface area (Å²) in [5, 5.41) is 8.28. The predicted octanol–water partition coefficient (Wildman–Crippen LogP) is 4.56. The molecule has 0 aliphatic carbocycles. The molecular weight excluding hydrogens is 344 g/mol. The van der Waals surface area contributed by atoms with Gasteiger partial charge in [0.2, 0.25) is 5.16 Å². The number of carbonyl (C=O) groups excluding carboxylic acids is 1. The van der Waals surface area contributed by atoms with Crippen LogP contribution in [0.25, 0.3) is 10.9 Å². The summed E-state index contributed by atoms with van der Waals surface area (Å²) < 4.78 is 0. The Balaban J connectivity index is 1.73. The van der Waals surface area contributed by atoms with E-state index in [1.807, 2.05) is 61.5 Å². The van der Waals surface area contributed by atoms with Crippen LogP contribution in [-0.4, -0.2) is 25.9 Å². The van der Waals surface area contributed by atoms with Crippen molar-refractivity contribution in [2.75, 3.05) is 0 Å². The van der Waals surface area contributed by atoms with Gasteiger partial charge >= 0.3 is 0 Å². The molecule has 2 heterocycles. The maximum absolute atomic E-state index is 13.4. The lowest BCUT2D eigenvalue weighted by Gasteiger charge is -2.14. The van der Waals surface area contributed by atoms with E-state index in [2.05, 4.69) is 20.2 Å². The second-order valence-corrected chi connectivity index (χ2v) is 7.01. The number of fused-ring (bicyclic) bond motifs is 1. The van der Waals surface area contributed by atoms with E-state index in [0.29, 0.717) is 10.7 Å². The number of aromatic amines is 2. The minimum absolute atomic E-state index is 0.0431. The Labute approximate surface area is 155 Å². The molecule has 0 unspecified atom stereocenters. The van der Waals surface area contributed by atoms with E-state index in [1.54, 1.807) is 6.20 Å². The number of Topliss-reactive ketones (excluding diaryl/α,β-unsaturated/α-hetero) is 1. The average Bonchev–Trinajstić information content (AvgIpc) is 3.33. The number of hydrogen-bond acceptors (Lipinski definition) is 4. The molecule has 0 aliphatic heterocycles. The Bertz CT molecular complexity index is 1040. The summed E-state index contributed by atoms with van der Waals surface area (Å²) in [6.45, 7) is 2.01. The fourth-order valence-corrected chi connectivity index (χ4v) is 3.91. The van der Waals surface area contributed by atoms with Gasteiger partial charge in [0.1, 0.15) is 11.1 Å². The van der Waals surface area contributed by atoms with E-state index < -0.39 is 5.25 Å². The van der Waals surface area contributed by atoms with Crippen LogP contribution in [0.3, 0.4) is 0 Å². The van der Waals surface area contributed by atoms with Crippen molar-refractivity contribution in [1.82, 2.24) is 20.2 Å². The second-order valence-electron chi connectivity index (χ2n) is 5.94. The molecular formula is C20H18N4OS. The number of ketones is 1. The van der Waals surface area contributed by atoms with E-state index in [9.17, 15) is 4.79 Å². The van der Waals surface area contributed by atoms with Gasteiger partial charge in [-0.25, -0.2) is 4.98 Å². The number of H-pyrrole nitrogens is 2. The zero-order chi connectivity index (χ0) is 17.9. The summed E-state index contributed by atoms with van der Waals surface area (Å²) in [5.41, 5.74) is 2.59. The van der Waals surface area contributed by atoms with Gasteiger partial charge in [0.05, 0.1) is 0 Å². The van der Waals surface area contributed by atoms with E-state index >= 15 is 0 Å². The zero-order valence-electron chi connectivity index (χ0n) is 14.3. The molecule has 0 fully saturated rings. The van der Waals surface area contributed by atoms with E-state index in [-0.39, 0.29) is 5.78 Å². The summed E-state index contributed by atoms with van der Waals surface area (Å²) in [7, 11) is 0. The molecule has 4 aromatic rings. The summed E-state index contributed by atoms with van der Waals surface area (Å²) >= 11 is 1.38. The van der Waals surface area contributed by atoms with Crippen LogP contribution < -0.4 is 0 Å². The monoisotopic (exact) mass is 362 g/mol. The summed E-state index contributed by atoms with van der Waals surface area (Å²) in [4.78, 5) is 21.0. The standard InChI is InChI=1S/C20H18N4OS/c1-2-17-22-20(24-23-17)26-19(13-8-4-3-5-9-13)18(25)15-12-21-16-11-7-6-10-14(15)16/h3-12,19,21H,2H2,1H3,(H,22,23,24)/t19-/m0/s1. The highest BCUT2D eigenvalue weighted by molar-refractivity contribution is 8.00. The highest BCUT2D eigenvalue weighted by atomic mass is 32.2. The molecule has 0 amide bonds. The molecule has 0 bridgehead atoms. The van der Waals surface area contributed by atoms with Crippen molar-refractivity contribution in [2.24, 2.45) is 0 Å². The second kappa shape index (κ2) is 7.17. The van der Waals surface area contributed by atoms with Crippen molar-refractivity contribution in [1.29, 1.82) is 0 Å². The lowest BCUT2D eigenvalue weighted by atomic mass is 10.0. The number of benzene rings is 2. The maximum atomic E-state index is 13.4. The van der Waals surface area contributed by atoms with Crippen molar-refractivity contribution in [3.05, 3.63) is 77.7 Å². The van der Waals surface area contributed by atoms with Crippen molar-refractivity contribution in [3.63, 3.8) is 0 Å². The first kappa shape index (κ1) is 16.6. The van der Waals surface area contributed by atoms with Gasteiger partial charge in [-0.3, -0.25) is 9.89 Å². The quantitative estimate of drug-likeness (QED) is 0.389. The van der Waals surface area contributed by atoms with Crippen LogP contribution in [0.2, 0.25) is 0 Å². The normalized spacial score (nSPS) is 12.3. The number of rotatable bonds is 6. The maximum Gasteiger partial charge on any atom is 0.209 e. The number of hydrogen-bond donors (Lipinski definition) is 2. The van der Waals surface area contributed by atoms with Gasteiger partial charge in [-0.1, -0.05) is 67.2 Å². The molecule has 0 saturated heterocycles. The molecule has 26 heavy (non-hydrogen) atoms. The van der Waals surface area contributed by atoms with Crippen LogP contribution in [0.1, 0.15) is 33.9 Å². The number of thioether (sulfide) groups is 1. The Morgan fingerprint density at radius 1 is 1.12 bits per heavy atom. The van der Waals surface area contributed by atoms with Crippen LogP contribution in [0.4, 0.5) is 0 Å².